The molecule has 6 aliphatic rings. The predicted octanol–water partition coefficient (Wildman–Crippen LogP) is 7.98. The maximum absolute atomic E-state index is 14.2. The number of hydrogen-bond donors (Lipinski definition) is 3. The van der Waals surface area contributed by atoms with Gasteiger partial charge in [-0.3, -0.25) is 24.1 Å². The number of esters is 1. The standard InChI is InChI=1S/C46H74N2O7/c1-28(2)38-32(50)24-46(35(51)27-48(23-22-47-29(3)49)26-30-12-11-13-30)21-20-44(9)31(39(38)46)14-15-34-43(8)18-17-36(55-37(52)25-41(4,5)40(53)54)42(6,7)33(43)16-19-45(34,44)10/h28,30-31,33-36,51H,11-27H2,1-10H3,(H,47,49)(H,53,54)/t31-,33+,34-,35+,36-,43+,44-,45-,46+/m1/s1. The molecule has 0 radical (unpaired) electrons. The van der Waals surface area contributed by atoms with Crippen LogP contribution in [0.3, 0.4) is 0 Å². The zero-order valence-electron chi connectivity index (χ0n) is 35.9. The second-order valence-electron chi connectivity index (χ2n) is 21.6. The number of ether oxygens (including phenoxy) is 1. The number of carbonyl (C=O) groups excluding carboxylic acids is 3. The van der Waals surface area contributed by atoms with E-state index in [1.165, 1.54) is 24.8 Å². The highest BCUT2D eigenvalue weighted by molar-refractivity contribution is 6.00. The fourth-order valence-corrected chi connectivity index (χ4v) is 14.0. The minimum atomic E-state index is -1.17. The van der Waals surface area contributed by atoms with E-state index < -0.39 is 28.9 Å². The van der Waals surface area contributed by atoms with Gasteiger partial charge in [-0.1, -0.05) is 60.5 Å². The highest BCUT2D eigenvalue weighted by Crippen LogP contribution is 2.77. The largest absolute Gasteiger partial charge is 0.481 e. The summed E-state index contributed by atoms with van der Waals surface area (Å²) in [5, 5.41) is 25.2. The van der Waals surface area contributed by atoms with Crippen molar-refractivity contribution in [1.29, 1.82) is 0 Å². The molecule has 55 heavy (non-hydrogen) atoms. The van der Waals surface area contributed by atoms with Crippen molar-refractivity contribution in [3.63, 3.8) is 0 Å². The Balaban J connectivity index is 1.27. The number of aliphatic carboxylic acids is 1. The molecule has 0 bridgehead atoms. The topological polar surface area (TPSA) is 133 Å². The number of carbonyl (C=O) groups is 4. The lowest BCUT2D eigenvalue weighted by Crippen LogP contribution is -2.66. The predicted molar refractivity (Wildman–Crippen MR) is 214 cm³/mol. The third kappa shape index (κ3) is 7.05. The Morgan fingerprint density at radius 2 is 1.62 bits per heavy atom. The van der Waals surface area contributed by atoms with Gasteiger partial charge in [0.25, 0.3) is 0 Å². The van der Waals surface area contributed by atoms with Crippen LogP contribution in [0.15, 0.2) is 11.1 Å². The van der Waals surface area contributed by atoms with E-state index in [9.17, 15) is 29.4 Å². The second-order valence-corrected chi connectivity index (χ2v) is 21.6. The van der Waals surface area contributed by atoms with Crippen molar-refractivity contribution in [2.24, 2.45) is 62.1 Å². The van der Waals surface area contributed by atoms with Gasteiger partial charge in [-0.25, -0.2) is 0 Å². The Morgan fingerprint density at radius 3 is 2.22 bits per heavy atom. The molecule has 5 fully saturated rings. The lowest BCUT2D eigenvalue weighted by molar-refractivity contribution is -0.235. The molecule has 310 valence electrons. The van der Waals surface area contributed by atoms with Gasteiger partial charge in [0.2, 0.25) is 5.91 Å². The number of ketones is 1. The van der Waals surface area contributed by atoms with Crippen LogP contribution in [-0.2, 0) is 23.9 Å². The third-order valence-electron chi connectivity index (χ3n) is 17.5. The molecule has 0 unspecified atom stereocenters. The van der Waals surface area contributed by atoms with Crippen LogP contribution in [0.1, 0.15) is 153 Å². The minimum absolute atomic E-state index is 0.0277. The van der Waals surface area contributed by atoms with E-state index in [1.54, 1.807) is 20.8 Å². The Bertz CT molecular complexity index is 1560. The molecule has 9 atom stereocenters. The van der Waals surface area contributed by atoms with Crippen molar-refractivity contribution >= 4 is 23.6 Å². The van der Waals surface area contributed by atoms with Crippen LogP contribution in [0, 0.1) is 62.1 Å². The highest BCUT2D eigenvalue weighted by atomic mass is 16.5. The van der Waals surface area contributed by atoms with E-state index in [0.29, 0.717) is 43.8 Å². The van der Waals surface area contributed by atoms with Crippen LogP contribution in [0.2, 0.25) is 0 Å². The number of nitrogens with one attached hydrogen (secondary N) is 1. The second kappa shape index (κ2) is 14.8. The number of aliphatic hydroxyl groups is 1. The zero-order chi connectivity index (χ0) is 40.5. The van der Waals surface area contributed by atoms with E-state index in [2.05, 4.69) is 58.7 Å². The number of hydrogen-bond acceptors (Lipinski definition) is 7. The van der Waals surface area contributed by atoms with Crippen LogP contribution in [0.4, 0.5) is 0 Å². The summed E-state index contributed by atoms with van der Waals surface area (Å²) in [6.07, 6.45) is 10.8. The van der Waals surface area contributed by atoms with Crippen molar-refractivity contribution < 1.29 is 34.1 Å². The van der Waals surface area contributed by atoms with Crippen LogP contribution >= 0.6 is 0 Å². The monoisotopic (exact) mass is 767 g/mol. The minimum Gasteiger partial charge on any atom is -0.481 e. The average Bonchev–Trinajstić information content (AvgIpc) is 3.37. The molecular formula is C46H74N2O7. The van der Waals surface area contributed by atoms with Crippen LogP contribution in [0.5, 0.6) is 0 Å². The summed E-state index contributed by atoms with van der Waals surface area (Å²) >= 11 is 0. The van der Waals surface area contributed by atoms with Gasteiger partial charge in [0, 0.05) is 50.4 Å². The van der Waals surface area contributed by atoms with Crippen molar-refractivity contribution in [2.45, 2.75) is 165 Å². The quantitative estimate of drug-likeness (QED) is 0.161. The normalized spacial score (nSPS) is 37.7. The summed E-state index contributed by atoms with van der Waals surface area (Å²) in [6, 6.07) is 0. The SMILES string of the molecule is CC(=O)NCCN(CC1CCC1)C[C@H](O)[C@@]12CC[C@]3(C)[C@H](CC[C@@H]4[C@@]5(C)CC[C@@H](OC(=O)CC(C)(C)C(=O)O)C(C)(C)[C@@H]5CC[C@]43C)C1=C(C(C)C)C(=O)C2. The van der Waals surface area contributed by atoms with E-state index in [0.717, 1.165) is 63.5 Å². The van der Waals surface area contributed by atoms with E-state index in [-0.39, 0.29) is 57.7 Å². The zero-order valence-corrected chi connectivity index (χ0v) is 35.9. The number of carboxylic acids is 1. The van der Waals surface area contributed by atoms with Crippen molar-refractivity contribution in [1.82, 2.24) is 10.2 Å². The van der Waals surface area contributed by atoms with Gasteiger partial charge in [-0.15, -0.1) is 0 Å². The Morgan fingerprint density at radius 1 is 0.927 bits per heavy atom. The number of nitrogens with zero attached hydrogens (tertiary/aromatic N) is 1. The van der Waals surface area contributed by atoms with Gasteiger partial charge in [-0.2, -0.15) is 0 Å². The fourth-order valence-electron chi connectivity index (χ4n) is 14.0. The molecule has 6 aliphatic carbocycles. The fraction of sp³-hybridized carbons (Fsp3) is 0.870. The molecule has 0 aromatic carbocycles. The van der Waals surface area contributed by atoms with Gasteiger partial charge < -0.3 is 20.3 Å². The van der Waals surface area contributed by atoms with Crippen molar-refractivity contribution in [3.05, 3.63) is 11.1 Å². The first kappa shape index (κ1) is 42.3. The maximum atomic E-state index is 14.2. The molecule has 0 spiro atoms. The first-order chi connectivity index (χ1) is 25.5. The molecule has 0 saturated heterocycles. The molecule has 9 heteroatoms. The summed E-state index contributed by atoms with van der Waals surface area (Å²) in [6.45, 7) is 23.9. The number of Topliss-reactive ketones (excluding diaryl/α,β-unsaturated/α-hetero) is 1. The van der Waals surface area contributed by atoms with Gasteiger partial charge >= 0.3 is 11.9 Å². The molecular weight excluding hydrogens is 693 g/mol. The number of carboxylic acid groups (broad SMARTS) is 1. The summed E-state index contributed by atoms with van der Waals surface area (Å²) in [7, 11) is 0. The first-order valence-corrected chi connectivity index (χ1v) is 21.9. The van der Waals surface area contributed by atoms with Gasteiger partial charge in [0.1, 0.15) is 6.10 Å². The summed E-state index contributed by atoms with van der Waals surface area (Å²) in [5.41, 5.74) is 0.392. The molecule has 1 amide bonds. The average molecular weight is 767 g/mol. The summed E-state index contributed by atoms with van der Waals surface area (Å²) in [5.74, 6) is 0.597. The van der Waals surface area contributed by atoms with Crippen LogP contribution in [0.25, 0.3) is 0 Å². The highest BCUT2D eigenvalue weighted by Gasteiger charge is 2.71. The lowest BCUT2D eigenvalue weighted by atomic mass is 9.33. The number of fused-ring (bicyclic) bond motifs is 7. The van der Waals surface area contributed by atoms with Crippen LogP contribution < -0.4 is 5.32 Å². The van der Waals surface area contributed by atoms with Crippen molar-refractivity contribution in [2.75, 3.05) is 26.2 Å². The molecule has 6 rings (SSSR count). The van der Waals surface area contributed by atoms with Gasteiger partial charge in [0.05, 0.1) is 17.9 Å². The lowest BCUT2D eigenvalue weighted by Gasteiger charge is -2.72. The summed E-state index contributed by atoms with van der Waals surface area (Å²) < 4.78 is 6.18. The maximum Gasteiger partial charge on any atom is 0.309 e. The molecule has 0 aromatic rings. The molecule has 3 N–H and O–H groups in total. The molecule has 0 aromatic heterocycles. The Kier molecular flexibility index (Phi) is 11.4. The Hall–Kier alpha value is -2.26. The van der Waals surface area contributed by atoms with Crippen molar-refractivity contribution in [3.8, 4) is 0 Å². The number of aliphatic hydroxyl groups excluding tert-OH is 1. The number of rotatable bonds is 13. The first-order valence-electron chi connectivity index (χ1n) is 21.9. The smallest absolute Gasteiger partial charge is 0.309 e. The number of allylic oxidation sites excluding steroid dienone is 1. The molecule has 0 heterocycles. The van der Waals surface area contributed by atoms with Gasteiger partial charge in [0.15, 0.2) is 5.78 Å². The van der Waals surface area contributed by atoms with Gasteiger partial charge in [-0.05, 0) is 129 Å². The third-order valence-corrected chi connectivity index (χ3v) is 17.5. The summed E-state index contributed by atoms with van der Waals surface area (Å²) in [4.78, 5) is 53.3. The van der Waals surface area contributed by atoms with E-state index in [1.807, 2.05) is 0 Å². The van der Waals surface area contributed by atoms with E-state index in [4.69, 9.17) is 4.74 Å². The van der Waals surface area contributed by atoms with Crippen LogP contribution in [-0.4, -0.2) is 77.1 Å². The number of amides is 1. The molecule has 0 aliphatic heterocycles. The molecule has 9 nitrogen and oxygen atoms in total. The Labute approximate surface area is 331 Å². The molecule has 5 saturated carbocycles. The van der Waals surface area contributed by atoms with E-state index >= 15 is 0 Å².